The molecule has 0 heterocycles. The maximum atomic E-state index is 13.4. The van der Waals surface area contributed by atoms with E-state index in [1.165, 1.54) is 6.07 Å². The third-order valence-electron chi connectivity index (χ3n) is 3.03. The standard InChI is InChI=1S/C15H16ClFN2/c1-10-6-15(14(18)8-13(10)17)19(2)9-11-4-3-5-12(16)7-11/h3-8H,9,18H2,1-2H3. The van der Waals surface area contributed by atoms with Gasteiger partial charge in [0.2, 0.25) is 0 Å². The number of hydrogen-bond donors (Lipinski definition) is 1. The molecule has 0 aliphatic rings. The van der Waals surface area contributed by atoms with E-state index in [-0.39, 0.29) is 5.82 Å². The lowest BCUT2D eigenvalue weighted by Crippen LogP contribution is -2.18. The smallest absolute Gasteiger partial charge is 0.128 e. The molecule has 19 heavy (non-hydrogen) atoms. The Morgan fingerprint density at radius 3 is 2.68 bits per heavy atom. The Kier molecular flexibility index (Phi) is 3.96. The molecule has 0 radical (unpaired) electrons. The number of nitrogens with zero attached hydrogens (tertiary/aromatic N) is 1. The number of aryl methyl sites for hydroxylation is 1. The van der Waals surface area contributed by atoms with Crippen molar-refractivity contribution in [3.8, 4) is 0 Å². The first-order valence-corrected chi connectivity index (χ1v) is 6.36. The molecule has 0 aliphatic heterocycles. The summed E-state index contributed by atoms with van der Waals surface area (Å²) in [7, 11) is 1.92. The lowest BCUT2D eigenvalue weighted by Gasteiger charge is -2.22. The topological polar surface area (TPSA) is 29.3 Å². The second kappa shape index (κ2) is 5.49. The zero-order chi connectivity index (χ0) is 14.0. The van der Waals surface area contributed by atoms with Crippen LogP contribution in [0.25, 0.3) is 0 Å². The zero-order valence-corrected chi connectivity index (χ0v) is 11.7. The van der Waals surface area contributed by atoms with Crippen molar-refractivity contribution >= 4 is 23.0 Å². The molecule has 2 N–H and O–H groups in total. The lowest BCUT2D eigenvalue weighted by molar-refractivity contribution is 0.619. The van der Waals surface area contributed by atoms with E-state index < -0.39 is 0 Å². The van der Waals surface area contributed by atoms with E-state index in [0.29, 0.717) is 22.8 Å². The maximum Gasteiger partial charge on any atom is 0.128 e. The van der Waals surface area contributed by atoms with E-state index in [0.717, 1.165) is 11.3 Å². The minimum atomic E-state index is -0.280. The molecule has 0 saturated carbocycles. The summed E-state index contributed by atoms with van der Waals surface area (Å²) in [4.78, 5) is 1.98. The van der Waals surface area contributed by atoms with Gasteiger partial charge in [-0.2, -0.15) is 0 Å². The van der Waals surface area contributed by atoms with Gasteiger partial charge in [-0.3, -0.25) is 0 Å². The van der Waals surface area contributed by atoms with Gasteiger partial charge in [0.1, 0.15) is 5.82 Å². The number of halogens is 2. The molecule has 0 spiro atoms. The quantitative estimate of drug-likeness (QED) is 0.860. The van der Waals surface area contributed by atoms with E-state index in [9.17, 15) is 4.39 Å². The average Bonchev–Trinajstić information content (AvgIpc) is 2.33. The highest BCUT2D eigenvalue weighted by molar-refractivity contribution is 6.30. The largest absolute Gasteiger partial charge is 0.397 e. The van der Waals surface area contributed by atoms with Crippen LogP contribution in [0.2, 0.25) is 5.02 Å². The number of rotatable bonds is 3. The van der Waals surface area contributed by atoms with Gasteiger partial charge in [-0.05, 0) is 42.3 Å². The zero-order valence-electron chi connectivity index (χ0n) is 11.0. The van der Waals surface area contributed by atoms with Crippen LogP contribution >= 0.6 is 11.6 Å². The van der Waals surface area contributed by atoms with Crippen LogP contribution in [-0.2, 0) is 6.54 Å². The van der Waals surface area contributed by atoms with Crippen molar-refractivity contribution in [1.29, 1.82) is 0 Å². The number of hydrogen-bond acceptors (Lipinski definition) is 2. The summed E-state index contributed by atoms with van der Waals surface area (Å²) in [5.41, 5.74) is 8.79. The highest BCUT2D eigenvalue weighted by Crippen LogP contribution is 2.27. The Hall–Kier alpha value is -1.74. The van der Waals surface area contributed by atoms with Crippen molar-refractivity contribution in [2.45, 2.75) is 13.5 Å². The van der Waals surface area contributed by atoms with Crippen LogP contribution in [-0.4, -0.2) is 7.05 Å². The summed E-state index contributed by atoms with van der Waals surface area (Å²) in [5.74, 6) is -0.280. The van der Waals surface area contributed by atoms with Gasteiger partial charge in [0.25, 0.3) is 0 Å². The van der Waals surface area contributed by atoms with E-state index in [4.69, 9.17) is 17.3 Å². The van der Waals surface area contributed by atoms with Crippen LogP contribution in [0, 0.1) is 12.7 Å². The average molecular weight is 279 g/mol. The predicted molar refractivity (Wildman–Crippen MR) is 79.1 cm³/mol. The van der Waals surface area contributed by atoms with Crippen molar-refractivity contribution in [1.82, 2.24) is 0 Å². The second-order valence-corrected chi connectivity index (χ2v) is 5.08. The van der Waals surface area contributed by atoms with Gasteiger partial charge in [-0.1, -0.05) is 23.7 Å². The fourth-order valence-electron chi connectivity index (χ4n) is 2.01. The van der Waals surface area contributed by atoms with Crippen LogP contribution in [0.5, 0.6) is 0 Å². The summed E-state index contributed by atoms with van der Waals surface area (Å²) in [6.07, 6.45) is 0. The van der Waals surface area contributed by atoms with Gasteiger partial charge in [-0.15, -0.1) is 0 Å². The Morgan fingerprint density at radius 1 is 1.26 bits per heavy atom. The van der Waals surface area contributed by atoms with Crippen LogP contribution < -0.4 is 10.6 Å². The summed E-state index contributed by atoms with van der Waals surface area (Å²) < 4.78 is 13.4. The molecule has 0 saturated heterocycles. The van der Waals surface area contributed by atoms with Crippen LogP contribution in [0.15, 0.2) is 36.4 Å². The van der Waals surface area contributed by atoms with Crippen LogP contribution in [0.4, 0.5) is 15.8 Å². The molecule has 2 aromatic rings. The first kappa shape index (κ1) is 13.7. The molecular weight excluding hydrogens is 263 g/mol. The summed E-state index contributed by atoms with van der Waals surface area (Å²) >= 11 is 5.96. The van der Waals surface area contributed by atoms with Crippen molar-refractivity contribution in [2.24, 2.45) is 0 Å². The van der Waals surface area contributed by atoms with Gasteiger partial charge in [0.15, 0.2) is 0 Å². The molecule has 0 aromatic heterocycles. The predicted octanol–water partition coefficient (Wildman–Crippen LogP) is 4.01. The monoisotopic (exact) mass is 278 g/mol. The van der Waals surface area contributed by atoms with Crippen molar-refractivity contribution in [2.75, 3.05) is 17.7 Å². The normalized spacial score (nSPS) is 10.5. The molecule has 0 bridgehead atoms. The van der Waals surface area contributed by atoms with E-state index in [1.54, 1.807) is 13.0 Å². The molecule has 0 unspecified atom stereocenters. The van der Waals surface area contributed by atoms with Gasteiger partial charge >= 0.3 is 0 Å². The van der Waals surface area contributed by atoms with Gasteiger partial charge < -0.3 is 10.6 Å². The summed E-state index contributed by atoms with van der Waals surface area (Å²) in [6.45, 7) is 2.39. The number of benzene rings is 2. The van der Waals surface area contributed by atoms with Crippen molar-refractivity contribution < 1.29 is 4.39 Å². The fourth-order valence-corrected chi connectivity index (χ4v) is 2.22. The number of anilines is 2. The fraction of sp³-hybridized carbons (Fsp3) is 0.200. The molecule has 0 atom stereocenters. The number of nitrogen functional groups attached to an aromatic ring is 1. The molecule has 2 nitrogen and oxygen atoms in total. The van der Waals surface area contributed by atoms with Crippen LogP contribution in [0.3, 0.4) is 0 Å². The second-order valence-electron chi connectivity index (χ2n) is 4.65. The first-order chi connectivity index (χ1) is 8.97. The van der Waals surface area contributed by atoms with E-state index in [1.807, 2.05) is 36.2 Å². The minimum absolute atomic E-state index is 0.280. The van der Waals surface area contributed by atoms with Crippen molar-refractivity contribution in [3.63, 3.8) is 0 Å². The first-order valence-electron chi connectivity index (χ1n) is 5.98. The molecule has 100 valence electrons. The third kappa shape index (κ3) is 3.18. The minimum Gasteiger partial charge on any atom is -0.397 e. The molecule has 0 amide bonds. The Bertz CT molecular complexity index is 599. The maximum absolute atomic E-state index is 13.4. The highest BCUT2D eigenvalue weighted by Gasteiger charge is 2.09. The molecular formula is C15H16ClFN2. The van der Waals surface area contributed by atoms with Gasteiger partial charge in [0.05, 0.1) is 11.4 Å². The molecule has 4 heteroatoms. The van der Waals surface area contributed by atoms with Crippen molar-refractivity contribution in [3.05, 3.63) is 58.4 Å². The summed E-state index contributed by atoms with van der Waals surface area (Å²) in [5, 5.41) is 0.703. The molecule has 0 fully saturated rings. The van der Waals surface area contributed by atoms with Gasteiger partial charge in [0, 0.05) is 18.6 Å². The van der Waals surface area contributed by atoms with E-state index in [2.05, 4.69) is 0 Å². The third-order valence-corrected chi connectivity index (χ3v) is 3.26. The van der Waals surface area contributed by atoms with Gasteiger partial charge in [-0.25, -0.2) is 4.39 Å². The number of nitrogens with two attached hydrogens (primary N) is 1. The van der Waals surface area contributed by atoms with E-state index >= 15 is 0 Å². The Balaban J connectivity index is 2.25. The molecule has 2 aromatic carbocycles. The van der Waals surface area contributed by atoms with Crippen LogP contribution in [0.1, 0.15) is 11.1 Å². The SMILES string of the molecule is Cc1cc(N(C)Cc2cccc(Cl)c2)c(N)cc1F. The molecule has 0 aliphatic carbocycles. The molecule has 2 rings (SSSR count). The Morgan fingerprint density at radius 2 is 2.00 bits per heavy atom. The summed E-state index contributed by atoms with van der Waals surface area (Å²) in [6, 6.07) is 10.8. The highest BCUT2D eigenvalue weighted by atomic mass is 35.5. The Labute approximate surface area is 117 Å². The lowest BCUT2D eigenvalue weighted by atomic mass is 10.1.